The average Bonchev–Trinajstić information content (AvgIpc) is 2.97. The van der Waals surface area contributed by atoms with Crippen LogP contribution in [0, 0.1) is 5.92 Å². The van der Waals surface area contributed by atoms with Crippen LogP contribution < -0.4 is 5.32 Å². The van der Waals surface area contributed by atoms with Crippen molar-refractivity contribution in [2.45, 2.75) is 45.1 Å². The Kier molecular flexibility index (Phi) is 2.09. The maximum atomic E-state index is 5.53. The van der Waals surface area contributed by atoms with Crippen molar-refractivity contribution in [2.24, 2.45) is 5.92 Å². The summed E-state index contributed by atoms with van der Waals surface area (Å²) in [7, 11) is 0. The lowest BCUT2D eigenvalue weighted by Gasteiger charge is -2.24. The Labute approximate surface area is 90.2 Å². The van der Waals surface area contributed by atoms with Crippen LogP contribution in [0.5, 0.6) is 0 Å². The van der Waals surface area contributed by atoms with Crippen LogP contribution in [0.2, 0.25) is 0 Å². The normalized spacial score (nSPS) is 25.7. The lowest BCUT2D eigenvalue weighted by Crippen LogP contribution is -2.30. The maximum Gasteiger partial charge on any atom is 0.144 e. The zero-order valence-corrected chi connectivity index (χ0v) is 9.42. The van der Waals surface area contributed by atoms with E-state index in [0.29, 0.717) is 17.8 Å². The number of nitrogens with zero attached hydrogens (tertiary/aromatic N) is 1. The van der Waals surface area contributed by atoms with Crippen LogP contribution in [0.15, 0.2) is 4.52 Å². The zero-order chi connectivity index (χ0) is 10.4. The van der Waals surface area contributed by atoms with Crippen LogP contribution in [0.25, 0.3) is 0 Å². The highest BCUT2D eigenvalue weighted by Crippen LogP contribution is 2.44. The van der Waals surface area contributed by atoms with Crippen molar-refractivity contribution >= 4 is 0 Å². The summed E-state index contributed by atoms with van der Waals surface area (Å²) in [6.07, 6.45) is 2.57. The third-order valence-corrected chi connectivity index (χ3v) is 3.62. The fraction of sp³-hybridized carbons (Fsp3) is 0.750. The Morgan fingerprint density at radius 3 is 2.87 bits per heavy atom. The molecule has 82 valence electrons. The average molecular weight is 206 g/mol. The van der Waals surface area contributed by atoms with Crippen molar-refractivity contribution in [3.63, 3.8) is 0 Å². The van der Waals surface area contributed by atoms with Crippen molar-refractivity contribution < 1.29 is 4.52 Å². The third kappa shape index (κ3) is 1.49. The number of fused-ring (bicyclic) bond motifs is 1. The Hall–Kier alpha value is -0.830. The van der Waals surface area contributed by atoms with Crippen molar-refractivity contribution in [2.75, 3.05) is 6.54 Å². The highest BCUT2D eigenvalue weighted by atomic mass is 16.5. The Morgan fingerprint density at radius 1 is 1.40 bits per heavy atom. The van der Waals surface area contributed by atoms with Gasteiger partial charge < -0.3 is 9.84 Å². The van der Waals surface area contributed by atoms with Gasteiger partial charge in [0.2, 0.25) is 0 Å². The lowest BCUT2D eigenvalue weighted by molar-refractivity contribution is 0.362. The number of nitrogens with one attached hydrogen (secondary N) is 1. The van der Waals surface area contributed by atoms with Gasteiger partial charge in [-0.25, -0.2) is 0 Å². The standard InChI is InChI=1S/C12H18N2O/c1-7(2)9-5-13-6-10-11(9)14-15-12(10)8-3-4-8/h7-9,13H,3-6H2,1-2H3. The summed E-state index contributed by atoms with van der Waals surface area (Å²) in [6.45, 7) is 6.51. The summed E-state index contributed by atoms with van der Waals surface area (Å²) in [5.41, 5.74) is 2.59. The molecular weight excluding hydrogens is 188 g/mol. The van der Waals surface area contributed by atoms with E-state index in [1.165, 1.54) is 29.9 Å². The number of hydrogen-bond acceptors (Lipinski definition) is 3. The molecule has 15 heavy (non-hydrogen) atoms. The van der Waals surface area contributed by atoms with Crippen LogP contribution in [-0.4, -0.2) is 11.7 Å². The molecule has 1 unspecified atom stereocenters. The number of aromatic nitrogens is 1. The van der Waals surface area contributed by atoms with E-state index in [0.717, 1.165) is 13.1 Å². The van der Waals surface area contributed by atoms with Gasteiger partial charge in [-0.3, -0.25) is 0 Å². The van der Waals surface area contributed by atoms with Gasteiger partial charge in [-0.05, 0) is 18.8 Å². The van der Waals surface area contributed by atoms with E-state index in [1.807, 2.05) is 0 Å². The molecule has 0 radical (unpaired) electrons. The molecule has 0 saturated heterocycles. The first-order valence-corrected chi connectivity index (χ1v) is 5.96. The van der Waals surface area contributed by atoms with Gasteiger partial charge in [0, 0.05) is 30.5 Å². The van der Waals surface area contributed by atoms with Crippen LogP contribution in [-0.2, 0) is 6.54 Å². The first-order chi connectivity index (χ1) is 7.27. The zero-order valence-electron chi connectivity index (χ0n) is 9.42. The fourth-order valence-electron chi connectivity index (χ4n) is 2.47. The minimum atomic E-state index is 0.532. The Balaban J connectivity index is 1.98. The number of rotatable bonds is 2. The van der Waals surface area contributed by atoms with E-state index in [4.69, 9.17) is 4.52 Å². The van der Waals surface area contributed by atoms with E-state index in [-0.39, 0.29) is 0 Å². The molecule has 2 aliphatic rings. The predicted molar refractivity (Wildman–Crippen MR) is 57.8 cm³/mol. The number of hydrogen-bond donors (Lipinski definition) is 1. The molecule has 1 fully saturated rings. The second-order valence-corrected chi connectivity index (χ2v) is 5.17. The second-order valence-electron chi connectivity index (χ2n) is 5.17. The minimum absolute atomic E-state index is 0.532. The Bertz CT molecular complexity index is 366. The van der Waals surface area contributed by atoms with Crippen molar-refractivity contribution in [1.29, 1.82) is 0 Å². The van der Waals surface area contributed by atoms with Gasteiger partial charge in [0.25, 0.3) is 0 Å². The first kappa shape index (κ1) is 9.40. The molecule has 0 spiro atoms. The molecule has 3 nitrogen and oxygen atoms in total. The molecule has 2 heterocycles. The van der Waals surface area contributed by atoms with E-state index in [9.17, 15) is 0 Å². The summed E-state index contributed by atoms with van der Waals surface area (Å²) in [6, 6.07) is 0. The summed E-state index contributed by atoms with van der Waals surface area (Å²) < 4.78 is 5.53. The van der Waals surface area contributed by atoms with Crippen molar-refractivity contribution in [3.05, 3.63) is 17.0 Å². The molecule has 1 aliphatic heterocycles. The van der Waals surface area contributed by atoms with Crippen LogP contribution in [0.3, 0.4) is 0 Å². The lowest BCUT2D eigenvalue weighted by atomic mass is 9.87. The predicted octanol–water partition coefficient (Wildman–Crippen LogP) is 2.39. The third-order valence-electron chi connectivity index (χ3n) is 3.62. The van der Waals surface area contributed by atoms with Gasteiger partial charge in [-0.15, -0.1) is 0 Å². The SMILES string of the molecule is CC(C)C1CNCc2c1noc2C1CC1. The second kappa shape index (κ2) is 3.34. The molecule has 1 aliphatic carbocycles. The van der Waals surface area contributed by atoms with Gasteiger partial charge in [0.1, 0.15) is 5.76 Å². The van der Waals surface area contributed by atoms with Crippen LogP contribution in [0.4, 0.5) is 0 Å². The highest BCUT2D eigenvalue weighted by Gasteiger charge is 2.36. The molecular formula is C12H18N2O. The van der Waals surface area contributed by atoms with Gasteiger partial charge in [0.15, 0.2) is 0 Å². The van der Waals surface area contributed by atoms with E-state index in [2.05, 4.69) is 24.3 Å². The summed E-state index contributed by atoms with van der Waals surface area (Å²) in [5.74, 6) is 3.01. The molecule has 0 aromatic carbocycles. The van der Waals surface area contributed by atoms with Crippen LogP contribution >= 0.6 is 0 Å². The molecule has 3 rings (SSSR count). The molecule has 1 aromatic heterocycles. The molecule has 1 saturated carbocycles. The van der Waals surface area contributed by atoms with Crippen molar-refractivity contribution in [1.82, 2.24) is 10.5 Å². The van der Waals surface area contributed by atoms with Gasteiger partial charge in [-0.2, -0.15) is 0 Å². The topological polar surface area (TPSA) is 38.1 Å². The van der Waals surface area contributed by atoms with E-state index in [1.54, 1.807) is 0 Å². The smallest absolute Gasteiger partial charge is 0.144 e. The van der Waals surface area contributed by atoms with Gasteiger partial charge in [0.05, 0.1) is 5.69 Å². The van der Waals surface area contributed by atoms with Gasteiger partial charge >= 0.3 is 0 Å². The molecule has 0 bridgehead atoms. The fourth-order valence-corrected chi connectivity index (χ4v) is 2.47. The van der Waals surface area contributed by atoms with E-state index < -0.39 is 0 Å². The summed E-state index contributed by atoms with van der Waals surface area (Å²) >= 11 is 0. The molecule has 1 aromatic rings. The van der Waals surface area contributed by atoms with E-state index >= 15 is 0 Å². The largest absolute Gasteiger partial charge is 0.360 e. The molecule has 1 N–H and O–H groups in total. The first-order valence-electron chi connectivity index (χ1n) is 5.96. The molecule has 0 amide bonds. The quantitative estimate of drug-likeness (QED) is 0.807. The highest BCUT2D eigenvalue weighted by molar-refractivity contribution is 5.32. The molecule has 1 atom stereocenters. The minimum Gasteiger partial charge on any atom is -0.360 e. The molecule has 3 heteroatoms. The monoisotopic (exact) mass is 206 g/mol. The summed E-state index contributed by atoms with van der Waals surface area (Å²) in [4.78, 5) is 0. The maximum absolute atomic E-state index is 5.53. The summed E-state index contributed by atoms with van der Waals surface area (Å²) in [5, 5.41) is 7.79. The van der Waals surface area contributed by atoms with Crippen LogP contribution in [0.1, 0.15) is 55.5 Å². The van der Waals surface area contributed by atoms with Gasteiger partial charge in [-0.1, -0.05) is 19.0 Å². The van der Waals surface area contributed by atoms with Crippen molar-refractivity contribution in [3.8, 4) is 0 Å². The Morgan fingerprint density at radius 2 is 2.20 bits per heavy atom.